The lowest BCUT2D eigenvalue weighted by molar-refractivity contribution is -0.108. The van der Waals surface area contributed by atoms with Gasteiger partial charge in [-0.15, -0.1) is 0 Å². The predicted octanol–water partition coefficient (Wildman–Crippen LogP) is -1.34. The van der Waals surface area contributed by atoms with Crippen LogP contribution >= 0.6 is 0 Å². The van der Waals surface area contributed by atoms with Crippen LogP contribution in [0.4, 0.5) is 0 Å². The van der Waals surface area contributed by atoms with Crippen LogP contribution in [0.5, 0.6) is 0 Å². The first kappa shape index (κ1) is 13.0. The monoisotopic (exact) mass is 256 g/mol. The second kappa shape index (κ2) is 4.34. The predicted molar refractivity (Wildman–Crippen MR) is 62.3 cm³/mol. The van der Waals surface area contributed by atoms with Crippen LogP contribution in [0.1, 0.15) is 18.9 Å². The van der Waals surface area contributed by atoms with E-state index >= 15 is 0 Å². The lowest BCUT2D eigenvalue weighted by atomic mass is 10.1. The number of nitrogens with one attached hydrogen (secondary N) is 1. The van der Waals surface area contributed by atoms with Crippen molar-refractivity contribution in [2.75, 3.05) is 6.61 Å². The third kappa shape index (κ3) is 2.00. The van der Waals surface area contributed by atoms with Crippen LogP contribution in [0.3, 0.4) is 0 Å². The highest BCUT2D eigenvalue weighted by Gasteiger charge is 2.44. The first-order valence-electron chi connectivity index (χ1n) is 5.67. The van der Waals surface area contributed by atoms with Crippen LogP contribution in [-0.2, 0) is 10.5 Å². The van der Waals surface area contributed by atoms with Crippen LogP contribution in [-0.4, -0.2) is 38.6 Å². The summed E-state index contributed by atoms with van der Waals surface area (Å²) >= 11 is 0. The Bertz CT molecular complexity index is 563. The minimum atomic E-state index is -1.07. The number of aromatic nitrogens is 2. The second-order valence-electron chi connectivity index (χ2n) is 4.73. The van der Waals surface area contributed by atoms with Crippen molar-refractivity contribution in [3.8, 4) is 0 Å². The number of hydrogen-bond donors (Lipinski definition) is 3. The number of H-pyrrole nitrogens is 1. The Balaban J connectivity index is 2.47. The van der Waals surface area contributed by atoms with Gasteiger partial charge in [0.25, 0.3) is 5.56 Å². The molecule has 0 saturated carbocycles. The molecule has 100 valence electrons. The standard InChI is InChI=1S/C11H16N2O5/c1-6-4-13(10(17)12-9(6)16)11(2)3-7(15)8(5-14)18-11/h4,7-8,14-15H,3,5H2,1-2H3,(H,12,16,17)/t7-,8+,11+/m0/s1. The molecule has 3 atom stereocenters. The highest BCUT2D eigenvalue weighted by Crippen LogP contribution is 2.33. The fourth-order valence-electron chi connectivity index (χ4n) is 2.20. The van der Waals surface area contributed by atoms with Gasteiger partial charge in [-0.25, -0.2) is 4.79 Å². The molecule has 0 radical (unpaired) electrons. The van der Waals surface area contributed by atoms with Crippen molar-refractivity contribution in [2.24, 2.45) is 0 Å². The highest BCUT2D eigenvalue weighted by atomic mass is 16.6. The van der Waals surface area contributed by atoms with Gasteiger partial charge in [-0.1, -0.05) is 0 Å². The average Bonchev–Trinajstić information content (AvgIpc) is 2.59. The van der Waals surface area contributed by atoms with Crippen molar-refractivity contribution in [3.63, 3.8) is 0 Å². The van der Waals surface area contributed by atoms with E-state index < -0.39 is 29.2 Å². The molecular formula is C11H16N2O5. The minimum Gasteiger partial charge on any atom is -0.394 e. The molecule has 1 saturated heterocycles. The SMILES string of the molecule is Cc1cn([C@@]2(C)C[C@H](O)[C@@H](CO)O2)c(=O)[nH]c1=O. The molecular weight excluding hydrogens is 240 g/mol. The molecule has 7 heteroatoms. The molecule has 2 rings (SSSR count). The summed E-state index contributed by atoms with van der Waals surface area (Å²) in [7, 11) is 0. The van der Waals surface area contributed by atoms with Gasteiger partial charge in [-0.3, -0.25) is 14.3 Å². The number of aryl methyl sites for hydroxylation is 1. The fraction of sp³-hybridized carbons (Fsp3) is 0.636. The largest absolute Gasteiger partial charge is 0.394 e. The number of hydrogen-bond acceptors (Lipinski definition) is 5. The maximum Gasteiger partial charge on any atom is 0.330 e. The number of ether oxygens (including phenoxy) is 1. The van der Waals surface area contributed by atoms with E-state index in [1.807, 2.05) is 0 Å². The van der Waals surface area contributed by atoms with E-state index in [4.69, 9.17) is 9.84 Å². The summed E-state index contributed by atoms with van der Waals surface area (Å²) < 4.78 is 6.75. The van der Waals surface area contributed by atoms with Crippen molar-refractivity contribution in [1.82, 2.24) is 9.55 Å². The van der Waals surface area contributed by atoms with Gasteiger partial charge >= 0.3 is 5.69 Å². The molecule has 1 aromatic heterocycles. The number of aliphatic hydroxyl groups is 2. The zero-order valence-corrected chi connectivity index (χ0v) is 10.2. The molecule has 0 amide bonds. The average molecular weight is 256 g/mol. The van der Waals surface area contributed by atoms with Gasteiger partial charge in [0.15, 0.2) is 0 Å². The van der Waals surface area contributed by atoms with E-state index in [1.54, 1.807) is 13.8 Å². The first-order valence-corrected chi connectivity index (χ1v) is 5.67. The molecule has 0 aromatic carbocycles. The molecule has 1 aliphatic rings. The highest BCUT2D eigenvalue weighted by molar-refractivity contribution is 5.04. The van der Waals surface area contributed by atoms with Gasteiger partial charge in [0.2, 0.25) is 0 Å². The van der Waals surface area contributed by atoms with Gasteiger partial charge in [0.1, 0.15) is 11.8 Å². The van der Waals surface area contributed by atoms with Gasteiger partial charge in [0, 0.05) is 18.2 Å². The summed E-state index contributed by atoms with van der Waals surface area (Å²) in [5, 5.41) is 18.8. The minimum absolute atomic E-state index is 0.170. The third-order valence-electron chi connectivity index (χ3n) is 3.23. The Kier molecular flexibility index (Phi) is 3.14. The molecule has 7 nitrogen and oxygen atoms in total. The zero-order chi connectivity index (χ0) is 13.5. The summed E-state index contributed by atoms with van der Waals surface area (Å²) in [6, 6.07) is 0. The Morgan fingerprint density at radius 1 is 1.61 bits per heavy atom. The van der Waals surface area contributed by atoms with E-state index in [1.165, 1.54) is 10.8 Å². The number of aromatic amines is 1. The van der Waals surface area contributed by atoms with Gasteiger partial charge in [-0.05, 0) is 13.8 Å². The molecule has 18 heavy (non-hydrogen) atoms. The van der Waals surface area contributed by atoms with Gasteiger partial charge in [-0.2, -0.15) is 0 Å². The first-order chi connectivity index (χ1) is 8.37. The van der Waals surface area contributed by atoms with Gasteiger partial charge in [0.05, 0.1) is 12.7 Å². The van der Waals surface area contributed by atoms with Crippen LogP contribution in [0.15, 0.2) is 15.8 Å². The Morgan fingerprint density at radius 3 is 2.83 bits per heavy atom. The lowest BCUT2D eigenvalue weighted by Gasteiger charge is -2.26. The molecule has 0 spiro atoms. The normalized spacial score (nSPS) is 31.8. The summed E-state index contributed by atoms with van der Waals surface area (Å²) in [6.45, 7) is 2.88. The van der Waals surface area contributed by atoms with Crippen LogP contribution in [0, 0.1) is 6.92 Å². The summed E-state index contributed by atoms with van der Waals surface area (Å²) in [5.41, 5.74) is -1.74. The van der Waals surface area contributed by atoms with Crippen molar-refractivity contribution in [3.05, 3.63) is 32.6 Å². The maximum atomic E-state index is 11.8. The molecule has 1 aliphatic heterocycles. The van der Waals surface area contributed by atoms with Crippen molar-refractivity contribution in [1.29, 1.82) is 0 Å². The Labute approximate surface area is 103 Å². The van der Waals surface area contributed by atoms with E-state index in [-0.39, 0.29) is 13.0 Å². The smallest absolute Gasteiger partial charge is 0.330 e. The zero-order valence-electron chi connectivity index (χ0n) is 10.2. The van der Waals surface area contributed by atoms with E-state index in [0.717, 1.165) is 0 Å². The second-order valence-corrected chi connectivity index (χ2v) is 4.73. The van der Waals surface area contributed by atoms with Crippen LogP contribution in [0.25, 0.3) is 0 Å². The van der Waals surface area contributed by atoms with Crippen LogP contribution < -0.4 is 11.2 Å². The summed E-state index contributed by atoms with van der Waals surface area (Å²) in [6.07, 6.45) is -0.00895. The van der Waals surface area contributed by atoms with Gasteiger partial charge < -0.3 is 14.9 Å². The molecule has 0 bridgehead atoms. The number of aliphatic hydroxyl groups excluding tert-OH is 2. The third-order valence-corrected chi connectivity index (χ3v) is 3.23. The van der Waals surface area contributed by atoms with Crippen molar-refractivity contribution < 1.29 is 14.9 Å². The molecule has 3 N–H and O–H groups in total. The quantitative estimate of drug-likeness (QED) is 0.607. The maximum absolute atomic E-state index is 11.8. The van der Waals surface area contributed by atoms with E-state index in [2.05, 4.69) is 4.98 Å². The molecule has 1 aromatic rings. The number of rotatable bonds is 2. The molecule has 2 heterocycles. The number of nitrogens with zero attached hydrogens (tertiary/aromatic N) is 1. The van der Waals surface area contributed by atoms with Crippen LogP contribution in [0.2, 0.25) is 0 Å². The summed E-state index contributed by atoms with van der Waals surface area (Å²) in [5.74, 6) is 0. The fourth-order valence-corrected chi connectivity index (χ4v) is 2.20. The van der Waals surface area contributed by atoms with Crippen molar-refractivity contribution in [2.45, 2.75) is 38.2 Å². The van der Waals surface area contributed by atoms with Crippen molar-refractivity contribution >= 4 is 0 Å². The molecule has 1 fully saturated rings. The lowest BCUT2D eigenvalue weighted by Crippen LogP contribution is -2.43. The molecule has 0 unspecified atom stereocenters. The molecule has 0 aliphatic carbocycles. The van der Waals surface area contributed by atoms with E-state index in [0.29, 0.717) is 5.56 Å². The summed E-state index contributed by atoms with van der Waals surface area (Å²) in [4.78, 5) is 25.3. The van der Waals surface area contributed by atoms with E-state index in [9.17, 15) is 14.7 Å². The topological polar surface area (TPSA) is 105 Å². The Morgan fingerprint density at radius 2 is 2.28 bits per heavy atom. The Hall–Kier alpha value is -1.44.